The van der Waals surface area contributed by atoms with Gasteiger partial charge in [0, 0.05) is 24.9 Å². The Morgan fingerprint density at radius 2 is 2.17 bits per heavy atom. The standard InChI is InChI=1S/C14H27N3S/c1-14(2,3)12-6-8-18-13(16-12)15-9-11-5-7-17(4)10-11/h11-12H,5-10H2,1-4H3,(H,15,16). The number of aliphatic imine (C=N–C) groups is 1. The fourth-order valence-electron chi connectivity index (χ4n) is 2.66. The van der Waals surface area contributed by atoms with E-state index in [0.29, 0.717) is 11.5 Å². The number of likely N-dealkylation sites (tertiary alicyclic amines) is 1. The zero-order valence-corrected chi connectivity index (χ0v) is 13.0. The zero-order valence-electron chi connectivity index (χ0n) is 12.2. The van der Waals surface area contributed by atoms with Crippen LogP contribution in [0, 0.1) is 11.3 Å². The molecule has 0 aromatic heterocycles. The third kappa shape index (κ3) is 3.89. The molecule has 2 rings (SSSR count). The molecule has 0 radical (unpaired) electrons. The van der Waals surface area contributed by atoms with Crippen LogP contribution >= 0.6 is 11.8 Å². The fraction of sp³-hybridized carbons (Fsp3) is 0.929. The average molecular weight is 269 g/mol. The van der Waals surface area contributed by atoms with Crippen molar-refractivity contribution < 1.29 is 0 Å². The number of hydrogen-bond donors (Lipinski definition) is 1. The summed E-state index contributed by atoms with van der Waals surface area (Å²) in [5.41, 5.74) is 0.329. The molecule has 2 atom stereocenters. The van der Waals surface area contributed by atoms with E-state index in [1.165, 1.54) is 36.9 Å². The van der Waals surface area contributed by atoms with Crippen LogP contribution in [0.15, 0.2) is 4.99 Å². The lowest BCUT2D eigenvalue weighted by Gasteiger charge is -2.35. The van der Waals surface area contributed by atoms with Crippen LogP contribution in [0.1, 0.15) is 33.6 Å². The first-order valence-electron chi connectivity index (χ1n) is 7.07. The van der Waals surface area contributed by atoms with E-state index in [0.717, 1.165) is 12.5 Å². The Morgan fingerprint density at radius 1 is 1.39 bits per heavy atom. The molecule has 2 aliphatic rings. The number of hydrogen-bond acceptors (Lipinski definition) is 3. The molecule has 2 saturated heterocycles. The summed E-state index contributed by atoms with van der Waals surface area (Å²) in [5.74, 6) is 1.97. The number of nitrogens with zero attached hydrogens (tertiary/aromatic N) is 2. The Labute approximate surface area is 116 Å². The van der Waals surface area contributed by atoms with Gasteiger partial charge in [-0.1, -0.05) is 32.5 Å². The normalized spacial score (nSPS) is 32.8. The number of thioether (sulfide) groups is 1. The van der Waals surface area contributed by atoms with Crippen molar-refractivity contribution >= 4 is 16.9 Å². The summed E-state index contributed by atoms with van der Waals surface area (Å²) in [5, 5.41) is 4.80. The average Bonchev–Trinajstić information content (AvgIpc) is 2.72. The second-order valence-corrected chi connectivity index (χ2v) is 7.85. The van der Waals surface area contributed by atoms with E-state index in [1.54, 1.807) is 0 Å². The largest absolute Gasteiger partial charge is 0.362 e. The highest BCUT2D eigenvalue weighted by atomic mass is 32.2. The molecule has 2 heterocycles. The summed E-state index contributed by atoms with van der Waals surface area (Å²) < 4.78 is 0. The van der Waals surface area contributed by atoms with Gasteiger partial charge in [-0.05, 0) is 37.8 Å². The predicted molar refractivity (Wildman–Crippen MR) is 81.4 cm³/mol. The van der Waals surface area contributed by atoms with Crippen molar-refractivity contribution in [1.82, 2.24) is 10.2 Å². The molecule has 0 aromatic rings. The Kier molecular flexibility index (Phi) is 4.59. The Morgan fingerprint density at radius 3 is 2.78 bits per heavy atom. The molecular weight excluding hydrogens is 242 g/mol. The van der Waals surface area contributed by atoms with E-state index in [2.05, 4.69) is 38.0 Å². The van der Waals surface area contributed by atoms with Gasteiger partial charge in [0.05, 0.1) is 0 Å². The third-order valence-electron chi connectivity index (χ3n) is 3.97. The molecule has 0 bridgehead atoms. The lowest BCUT2D eigenvalue weighted by atomic mass is 9.85. The summed E-state index contributed by atoms with van der Waals surface area (Å²) in [6.07, 6.45) is 2.56. The lowest BCUT2D eigenvalue weighted by Crippen LogP contribution is -2.46. The maximum atomic E-state index is 4.81. The molecule has 3 nitrogen and oxygen atoms in total. The van der Waals surface area contributed by atoms with Gasteiger partial charge in [-0.25, -0.2) is 0 Å². The molecule has 0 spiro atoms. The molecule has 0 aromatic carbocycles. The zero-order chi connectivity index (χ0) is 13.2. The molecule has 2 unspecified atom stereocenters. The molecule has 2 fully saturated rings. The molecule has 0 aliphatic carbocycles. The molecule has 1 N–H and O–H groups in total. The Balaban J connectivity index is 1.85. The smallest absolute Gasteiger partial charge is 0.156 e. The second-order valence-electron chi connectivity index (χ2n) is 6.76. The lowest BCUT2D eigenvalue weighted by molar-refractivity contribution is 0.290. The SMILES string of the molecule is CN1CCC(CN=C2NC(C(C)(C)C)CCS2)C1. The first-order valence-corrected chi connectivity index (χ1v) is 8.06. The van der Waals surface area contributed by atoms with Crippen LogP contribution in [0.25, 0.3) is 0 Å². The Bertz CT molecular complexity index is 309. The minimum absolute atomic E-state index is 0.329. The van der Waals surface area contributed by atoms with E-state index in [-0.39, 0.29) is 0 Å². The van der Waals surface area contributed by atoms with Gasteiger partial charge in [0.15, 0.2) is 5.17 Å². The van der Waals surface area contributed by atoms with Crippen molar-refractivity contribution in [1.29, 1.82) is 0 Å². The van der Waals surface area contributed by atoms with Crippen LogP contribution < -0.4 is 5.32 Å². The highest BCUT2D eigenvalue weighted by Gasteiger charge is 2.28. The van der Waals surface area contributed by atoms with Crippen LogP contribution in [0.2, 0.25) is 0 Å². The summed E-state index contributed by atoms with van der Waals surface area (Å²) in [7, 11) is 2.20. The molecule has 104 valence electrons. The van der Waals surface area contributed by atoms with E-state index in [1.807, 2.05) is 11.8 Å². The van der Waals surface area contributed by atoms with Crippen LogP contribution in [0.5, 0.6) is 0 Å². The van der Waals surface area contributed by atoms with Crippen LogP contribution in [-0.4, -0.2) is 48.5 Å². The van der Waals surface area contributed by atoms with Gasteiger partial charge in [0.2, 0.25) is 0 Å². The van der Waals surface area contributed by atoms with Crippen molar-refractivity contribution in [2.75, 3.05) is 32.4 Å². The van der Waals surface area contributed by atoms with Crippen LogP contribution in [0.4, 0.5) is 0 Å². The van der Waals surface area contributed by atoms with Gasteiger partial charge in [0.25, 0.3) is 0 Å². The van der Waals surface area contributed by atoms with Crippen molar-refractivity contribution in [2.45, 2.75) is 39.7 Å². The summed E-state index contributed by atoms with van der Waals surface area (Å²) in [6.45, 7) is 10.4. The van der Waals surface area contributed by atoms with E-state index >= 15 is 0 Å². The second kappa shape index (κ2) is 5.83. The molecular formula is C14H27N3S. The predicted octanol–water partition coefficient (Wildman–Crippen LogP) is 2.44. The van der Waals surface area contributed by atoms with E-state index < -0.39 is 0 Å². The van der Waals surface area contributed by atoms with Crippen molar-refractivity contribution in [3.05, 3.63) is 0 Å². The molecule has 0 amide bonds. The molecule has 4 heteroatoms. The molecule has 0 saturated carbocycles. The van der Waals surface area contributed by atoms with Gasteiger partial charge in [-0.2, -0.15) is 0 Å². The monoisotopic (exact) mass is 269 g/mol. The number of amidine groups is 1. The van der Waals surface area contributed by atoms with Gasteiger partial charge in [0.1, 0.15) is 0 Å². The van der Waals surface area contributed by atoms with Crippen LogP contribution in [-0.2, 0) is 0 Å². The van der Waals surface area contributed by atoms with Gasteiger partial charge >= 0.3 is 0 Å². The third-order valence-corrected chi connectivity index (χ3v) is 4.93. The van der Waals surface area contributed by atoms with E-state index in [4.69, 9.17) is 4.99 Å². The minimum atomic E-state index is 0.329. The van der Waals surface area contributed by atoms with Crippen molar-refractivity contribution in [3.8, 4) is 0 Å². The van der Waals surface area contributed by atoms with Gasteiger partial charge < -0.3 is 10.2 Å². The first kappa shape index (κ1) is 14.2. The minimum Gasteiger partial charge on any atom is -0.362 e. The van der Waals surface area contributed by atoms with Gasteiger partial charge in [-0.15, -0.1) is 0 Å². The van der Waals surface area contributed by atoms with E-state index in [9.17, 15) is 0 Å². The maximum absolute atomic E-state index is 4.81. The quantitative estimate of drug-likeness (QED) is 0.834. The van der Waals surface area contributed by atoms with Crippen molar-refractivity contribution in [3.63, 3.8) is 0 Å². The topological polar surface area (TPSA) is 27.6 Å². The molecule has 2 aliphatic heterocycles. The van der Waals surface area contributed by atoms with Crippen LogP contribution in [0.3, 0.4) is 0 Å². The summed E-state index contributed by atoms with van der Waals surface area (Å²) >= 11 is 1.89. The van der Waals surface area contributed by atoms with Crippen molar-refractivity contribution in [2.24, 2.45) is 16.3 Å². The summed E-state index contributed by atoms with van der Waals surface area (Å²) in [6, 6.07) is 0.573. The summed E-state index contributed by atoms with van der Waals surface area (Å²) in [4.78, 5) is 7.21. The molecule has 18 heavy (non-hydrogen) atoms. The highest BCUT2D eigenvalue weighted by molar-refractivity contribution is 8.13. The maximum Gasteiger partial charge on any atom is 0.156 e. The van der Waals surface area contributed by atoms with Gasteiger partial charge in [-0.3, -0.25) is 4.99 Å². The highest BCUT2D eigenvalue weighted by Crippen LogP contribution is 2.27. The Hall–Kier alpha value is -0.220. The number of rotatable bonds is 2. The fourth-order valence-corrected chi connectivity index (χ4v) is 3.60. The number of nitrogens with one attached hydrogen (secondary N) is 1. The first-order chi connectivity index (χ1) is 8.45.